The van der Waals surface area contributed by atoms with Crippen LogP contribution >= 0.6 is 11.8 Å². The lowest BCUT2D eigenvalue weighted by molar-refractivity contribution is 0.0735. The first kappa shape index (κ1) is 22.6. The second-order valence-corrected chi connectivity index (χ2v) is 15.0. The molecule has 0 radical (unpaired) electrons. The zero-order chi connectivity index (χ0) is 21.6. The van der Waals surface area contributed by atoms with Crippen molar-refractivity contribution in [3.05, 3.63) is 72.1 Å². The molecule has 0 spiro atoms. The Morgan fingerprint density at radius 3 is 2.40 bits per heavy atom. The van der Waals surface area contributed by atoms with Crippen molar-refractivity contribution in [3.63, 3.8) is 0 Å². The molecule has 1 atom stereocenters. The van der Waals surface area contributed by atoms with Gasteiger partial charge in [-0.25, -0.2) is 4.98 Å². The third-order valence-corrected chi connectivity index (χ3v) is 7.45. The van der Waals surface area contributed by atoms with Gasteiger partial charge in [0.1, 0.15) is 18.6 Å². The van der Waals surface area contributed by atoms with E-state index in [1.54, 1.807) is 25.1 Å². The van der Waals surface area contributed by atoms with E-state index in [0.717, 1.165) is 27.4 Å². The van der Waals surface area contributed by atoms with Crippen LogP contribution in [0, 0.1) is 0 Å². The lowest BCUT2D eigenvalue weighted by atomic mass is 10.1. The first-order valence-corrected chi connectivity index (χ1v) is 14.6. The van der Waals surface area contributed by atoms with Crippen LogP contribution in [0.3, 0.4) is 0 Å². The topological polar surface area (TPSA) is 56.5 Å². The molecule has 0 aliphatic heterocycles. The second-order valence-electron chi connectivity index (χ2n) is 8.33. The molecule has 0 amide bonds. The van der Waals surface area contributed by atoms with E-state index in [2.05, 4.69) is 36.8 Å². The number of aliphatic hydroxyl groups is 1. The number of aliphatic hydroxyl groups excluding tert-OH is 1. The summed E-state index contributed by atoms with van der Waals surface area (Å²) in [5.74, 6) is 0.759. The van der Waals surface area contributed by atoms with Crippen LogP contribution in [0.2, 0.25) is 25.7 Å². The van der Waals surface area contributed by atoms with Gasteiger partial charge in [-0.15, -0.1) is 0 Å². The van der Waals surface area contributed by atoms with E-state index in [1.807, 2.05) is 47.0 Å². The van der Waals surface area contributed by atoms with E-state index in [9.17, 15) is 5.11 Å². The Hall–Kier alpha value is -2.06. The van der Waals surface area contributed by atoms with Gasteiger partial charge in [-0.2, -0.15) is 0 Å². The summed E-state index contributed by atoms with van der Waals surface area (Å²) >= 11 is 1.57. The minimum atomic E-state index is -1.17. The van der Waals surface area contributed by atoms with Crippen LogP contribution in [-0.4, -0.2) is 36.4 Å². The van der Waals surface area contributed by atoms with E-state index in [0.29, 0.717) is 19.0 Å². The molecular weight excluding hydrogens is 412 g/mol. The SMILES string of the molecule is COc1ccc(C(O)c2cnc(Sc3ccccc3)n2COCC[Si](C)(C)C)cc1. The molecule has 1 N–H and O–H groups in total. The van der Waals surface area contributed by atoms with Gasteiger partial charge >= 0.3 is 0 Å². The van der Waals surface area contributed by atoms with Crippen molar-refractivity contribution < 1.29 is 14.6 Å². The Balaban J connectivity index is 1.83. The van der Waals surface area contributed by atoms with Crippen molar-refractivity contribution in [2.24, 2.45) is 0 Å². The number of aromatic nitrogens is 2. The van der Waals surface area contributed by atoms with Gasteiger partial charge in [-0.1, -0.05) is 61.7 Å². The first-order chi connectivity index (χ1) is 14.4. The monoisotopic (exact) mass is 442 g/mol. The molecule has 3 aromatic rings. The van der Waals surface area contributed by atoms with Gasteiger partial charge in [0.2, 0.25) is 0 Å². The van der Waals surface area contributed by atoms with Crippen molar-refractivity contribution in [1.82, 2.24) is 9.55 Å². The van der Waals surface area contributed by atoms with Gasteiger partial charge in [0.15, 0.2) is 5.16 Å². The van der Waals surface area contributed by atoms with Gasteiger partial charge in [0.05, 0.1) is 19.0 Å². The predicted molar refractivity (Wildman–Crippen MR) is 124 cm³/mol. The molecule has 0 aliphatic carbocycles. The highest BCUT2D eigenvalue weighted by molar-refractivity contribution is 7.99. The van der Waals surface area contributed by atoms with Gasteiger partial charge in [-0.3, -0.25) is 4.57 Å². The summed E-state index contributed by atoms with van der Waals surface area (Å²) in [7, 11) is 0.463. The smallest absolute Gasteiger partial charge is 0.175 e. The van der Waals surface area contributed by atoms with Crippen LogP contribution in [0.25, 0.3) is 0 Å². The third-order valence-electron chi connectivity index (χ3n) is 4.73. The average molecular weight is 443 g/mol. The molecule has 7 heteroatoms. The van der Waals surface area contributed by atoms with Crippen molar-refractivity contribution in [3.8, 4) is 5.75 Å². The van der Waals surface area contributed by atoms with E-state index >= 15 is 0 Å². The highest BCUT2D eigenvalue weighted by atomic mass is 32.2. The number of hydrogen-bond acceptors (Lipinski definition) is 5. The van der Waals surface area contributed by atoms with Gasteiger partial charge in [0, 0.05) is 19.6 Å². The first-order valence-electron chi connectivity index (χ1n) is 10.1. The molecule has 3 rings (SSSR count). The molecule has 0 saturated carbocycles. The van der Waals surface area contributed by atoms with Crippen LogP contribution in [0.5, 0.6) is 5.75 Å². The summed E-state index contributed by atoms with van der Waals surface area (Å²) in [6.07, 6.45) is 0.941. The van der Waals surface area contributed by atoms with Crippen molar-refractivity contribution >= 4 is 19.8 Å². The van der Waals surface area contributed by atoms with Gasteiger partial charge in [-0.05, 0) is 35.9 Å². The maximum Gasteiger partial charge on any atom is 0.175 e. The molecule has 1 unspecified atom stereocenters. The average Bonchev–Trinajstić information content (AvgIpc) is 3.13. The van der Waals surface area contributed by atoms with Gasteiger partial charge in [0.25, 0.3) is 0 Å². The van der Waals surface area contributed by atoms with Crippen molar-refractivity contribution in [1.29, 1.82) is 0 Å². The summed E-state index contributed by atoms with van der Waals surface area (Å²) in [6.45, 7) is 8.08. The van der Waals surface area contributed by atoms with Crippen LogP contribution < -0.4 is 4.74 Å². The number of ether oxygens (including phenoxy) is 2. The number of methoxy groups -OCH3 is 1. The number of benzene rings is 2. The summed E-state index contributed by atoms with van der Waals surface area (Å²) in [6, 6.07) is 18.7. The largest absolute Gasteiger partial charge is 0.497 e. The van der Waals surface area contributed by atoms with Crippen LogP contribution in [0.15, 0.2) is 70.8 Å². The minimum absolute atomic E-state index is 0.363. The minimum Gasteiger partial charge on any atom is -0.497 e. The third kappa shape index (κ3) is 6.22. The molecular formula is C23H30N2O3SSi. The van der Waals surface area contributed by atoms with Gasteiger partial charge < -0.3 is 14.6 Å². The second kappa shape index (κ2) is 10.3. The Morgan fingerprint density at radius 2 is 1.77 bits per heavy atom. The molecule has 0 bridgehead atoms. The highest BCUT2D eigenvalue weighted by Gasteiger charge is 2.20. The molecule has 0 fully saturated rings. The molecule has 2 aromatic carbocycles. The summed E-state index contributed by atoms with van der Waals surface area (Å²) in [5, 5.41) is 11.8. The molecule has 0 aliphatic rings. The standard InChI is InChI=1S/C23H30N2O3SSi/c1-27-19-12-10-18(11-13-19)22(26)21-16-24-23(29-20-8-6-5-7-9-20)25(21)17-28-14-15-30(2,3)4/h5-13,16,22,26H,14-15,17H2,1-4H3. The maximum atomic E-state index is 11.0. The van der Waals surface area contributed by atoms with E-state index in [1.165, 1.54) is 0 Å². The van der Waals surface area contributed by atoms with E-state index in [4.69, 9.17) is 9.47 Å². The molecule has 0 saturated heterocycles. The van der Waals surface area contributed by atoms with Crippen LogP contribution in [0.1, 0.15) is 17.4 Å². The lowest BCUT2D eigenvalue weighted by Gasteiger charge is -2.19. The molecule has 1 aromatic heterocycles. The number of imidazole rings is 1. The van der Waals surface area contributed by atoms with E-state index < -0.39 is 14.2 Å². The van der Waals surface area contributed by atoms with E-state index in [-0.39, 0.29) is 0 Å². The Kier molecular flexibility index (Phi) is 7.77. The van der Waals surface area contributed by atoms with Crippen LogP contribution in [0.4, 0.5) is 0 Å². The summed E-state index contributed by atoms with van der Waals surface area (Å²) in [5.41, 5.74) is 1.50. The molecule has 160 valence electrons. The summed E-state index contributed by atoms with van der Waals surface area (Å²) in [4.78, 5) is 5.68. The number of hydrogen-bond donors (Lipinski definition) is 1. The fourth-order valence-electron chi connectivity index (χ4n) is 2.89. The zero-order valence-corrected chi connectivity index (χ0v) is 19.9. The highest BCUT2D eigenvalue weighted by Crippen LogP contribution is 2.31. The molecule has 1 heterocycles. The van der Waals surface area contributed by atoms with Crippen molar-refractivity contribution in [2.45, 2.75) is 48.6 Å². The maximum absolute atomic E-state index is 11.0. The normalized spacial score (nSPS) is 12.7. The lowest BCUT2D eigenvalue weighted by Crippen LogP contribution is -2.22. The van der Waals surface area contributed by atoms with Crippen LogP contribution in [-0.2, 0) is 11.5 Å². The Bertz CT molecular complexity index is 924. The number of rotatable bonds is 10. The van der Waals surface area contributed by atoms with Crippen molar-refractivity contribution in [2.75, 3.05) is 13.7 Å². The predicted octanol–water partition coefficient (Wildman–Crippen LogP) is 5.44. The Labute approximate surface area is 184 Å². The fourth-order valence-corrected chi connectivity index (χ4v) is 4.52. The Morgan fingerprint density at radius 1 is 1.07 bits per heavy atom. The quantitative estimate of drug-likeness (QED) is 0.335. The molecule has 5 nitrogen and oxygen atoms in total. The summed E-state index contributed by atoms with van der Waals surface area (Å²) < 4.78 is 13.2. The number of nitrogens with zero attached hydrogens (tertiary/aromatic N) is 2. The molecule has 30 heavy (non-hydrogen) atoms. The zero-order valence-electron chi connectivity index (χ0n) is 18.0. The fraction of sp³-hybridized carbons (Fsp3) is 0.348.